The highest BCUT2D eigenvalue weighted by atomic mass is 32.1. The SMILES string of the molecule is c1nsc(N2CC3CCC(C2)O3)n1. The van der Waals surface area contributed by atoms with Crippen LogP contribution in [0.4, 0.5) is 5.13 Å². The molecule has 2 unspecified atom stereocenters. The third-order valence-electron chi connectivity index (χ3n) is 2.66. The molecular formula is C8H11N3OS. The molecule has 0 radical (unpaired) electrons. The van der Waals surface area contributed by atoms with Crippen LogP contribution in [0.25, 0.3) is 0 Å². The first-order chi connectivity index (χ1) is 6.42. The first-order valence-electron chi connectivity index (χ1n) is 4.59. The van der Waals surface area contributed by atoms with Crippen molar-refractivity contribution < 1.29 is 4.74 Å². The Balaban J connectivity index is 1.80. The number of fused-ring (bicyclic) bond motifs is 2. The summed E-state index contributed by atoms with van der Waals surface area (Å²) >= 11 is 1.47. The molecule has 70 valence electrons. The summed E-state index contributed by atoms with van der Waals surface area (Å²) in [5.41, 5.74) is 0. The molecule has 2 atom stereocenters. The van der Waals surface area contributed by atoms with Gasteiger partial charge in [0.2, 0.25) is 5.13 Å². The summed E-state index contributed by atoms with van der Waals surface area (Å²) in [5.74, 6) is 0. The lowest BCUT2D eigenvalue weighted by Crippen LogP contribution is -2.42. The first-order valence-corrected chi connectivity index (χ1v) is 5.36. The number of anilines is 1. The number of aromatic nitrogens is 2. The standard InChI is InChI=1S/C8H11N3OS/c1-2-7-4-11(3-6(1)12-7)8-9-5-10-13-8/h5-7H,1-4H2. The second-order valence-electron chi connectivity index (χ2n) is 3.59. The van der Waals surface area contributed by atoms with Crippen LogP contribution < -0.4 is 4.90 Å². The van der Waals surface area contributed by atoms with Gasteiger partial charge >= 0.3 is 0 Å². The molecule has 3 rings (SSSR count). The zero-order valence-electron chi connectivity index (χ0n) is 7.22. The third-order valence-corrected chi connectivity index (χ3v) is 3.39. The van der Waals surface area contributed by atoms with E-state index >= 15 is 0 Å². The fourth-order valence-corrected chi connectivity index (χ4v) is 2.63. The number of nitrogens with zero attached hydrogens (tertiary/aromatic N) is 3. The van der Waals surface area contributed by atoms with Crippen molar-refractivity contribution in [2.45, 2.75) is 25.0 Å². The highest BCUT2D eigenvalue weighted by Crippen LogP contribution is 2.29. The zero-order chi connectivity index (χ0) is 8.67. The van der Waals surface area contributed by atoms with Gasteiger partial charge in [0.1, 0.15) is 6.33 Å². The van der Waals surface area contributed by atoms with Crippen molar-refractivity contribution in [2.75, 3.05) is 18.0 Å². The van der Waals surface area contributed by atoms with Gasteiger partial charge in [-0.25, -0.2) is 4.98 Å². The van der Waals surface area contributed by atoms with Crippen molar-refractivity contribution in [1.82, 2.24) is 9.36 Å². The number of hydrogen-bond donors (Lipinski definition) is 0. The lowest BCUT2D eigenvalue weighted by Gasteiger charge is -2.31. The predicted octanol–water partition coefficient (Wildman–Crippen LogP) is 0.906. The minimum Gasteiger partial charge on any atom is -0.371 e. The Morgan fingerprint density at radius 2 is 2.15 bits per heavy atom. The average Bonchev–Trinajstić information content (AvgIpc) is 2.75. The Morgan fingerprint density at radius 3 is 2.77 bits per heavy atom. The lowest BCUT2D eigenvalue weighted by molar-refractivity contribution is 0.0305. The normalized spacial score (nSPS) is 32.5. The maximum atomic E-state index is 5.74. The van der Waals surface area contributed by atoms with Gasteiger partial charge in [0.25, 0.3) is 0 Å². The number of hydrogen-bond acceptors (Lipinski definition) is 5. The van der Waals surface area contributed by atoms with Gasteiger partial charge < -0.3 is 9.64 Å². The maximum absolute atomic E-state index is 5.74. The molecule has 2 bridgehead atoms. The van der Waals surface area contributed by atoms with Crippen molar-refractivity contribution in [3.05, 3.63) is 6.33 Å². The molecule has 2 aliphatic rings. The van der Waals surface area contributed by atoms with Crippen LogP contribution in [0.5, 0.6) is 0 Å². The van der Waals surface area contributed by atoms with Gasteiger partial charge in [-0.15, -0.1) is 0 Å². The highest BCUT2D eigenvalue weighted by molar-refractivity contribution is 7.09. The van der Waals surface area contributed by atoms with Crippen LogP contribution in [0.15, 0.2) is 6.33 Å². The molecule has 0 N–H and O–H groups in total. The first kappa shape index (κ1) is 7.70. The van der Waals surface area contributed by atoms with Gasteiger partial charge in [-0.3, -0.25) is 0 Å². The molecule has 0 aliphatic carbocycles. The smallest absolute Gasteiger partial charge is 0.205 e. The molecule has 2 saturated heterocycles. The molecule has 1 aromatic heterocycles. The van der Waals surface area contributed by atoms with E-state index in [1.165, 1.54) is 24.4 Å². The molecule has 5 heteroatoms. The Labute approximate surface area is 80.7 Å². The van der Waals surface area contributed by atoms with E-state index in [2.05, 4.69) is 14.3 Å². The van der Waals surface area contributed by atoms with Gasteiger partial charge in [0.05, 0.1) is 12.2 Å². The molecule has 1 aromatic rings. The van der Waals surface area contributed by atoms with E-state index in [1.54, 1.807) is 6.33 Å². The molecule has 2 aliphatic heterocycles. The van der Waals surface area contributed by atoms with Gasteiger partial charge in [0.15, 0.2) is 0 Å². The number of ether oxygens (including phenoxy) is 1. The van der Waals surface area contributed by atoms with E-state index in [0.717, 1.165) is 18.2 Å². The summed E-state index contributed by atoms with van der Waals surface area (Å²) in [6, 6.07) is 0. The highest BCUT2D eigenvalue weighted by Gasteiger charge is 2.34. The Bertz CT molecular complexity index is 278. The van der Waals surface area contributed by atoms with Gasteiger partial charge in [-0.05, 0) is 12.8 Å². The average molecular weight is 197 g/mol. The molecule has 13 heavy (non-hydrogen) atoms. The van der Waals surface area contributed by atoms with Crippen LogP contribution >= 0.6 is 11.5 Å². The van der Waals surface area contributed by atoms with E-state index in [-0.39, 0.29) is 0 Å². The Hall–Kier alpha value is -0.680. The largest absolute Gasteiger partial charge is 0.371 e. The van der Waals surface area contributed by atoms with Crippen molar-refractivity contribution in [1.29, 1.82) is 0 Å². The monoisotopic (exact) mass is 197 g/mol. The van der Waals surface area contributed by atoms with Crippen molar-refractivity contribution in [3.63, 3.8) is 0 Å². The molecule has 0 aromatic carbocycles. The fraction of sp³-hybridized carbons (Fsp3) is 0.750. The van der Waals surface area contributed by atoms with Crippen molar-refractivity contribution in [3.8, 4) is 0 Å². The summed E-state index contributed by atoms with van der Waals surface area (Å²) in [5, 5.41) is 1.04. The van der Waals surface area contributed by atoms with Gasteiger partial charge in [0, 0.05) is 24.6 Å². The summed E-state index contributed by atoms with van der Waals surface area (Å²) in [6.07, 6.45) is 4.91. The summed E-state index contributed by atoms with van der Waals surface area (Å²) < 4.78 is 9.76. The van der Waals surface area contributed by atoms with Crippen molar-refractivity contribution >= 4 is 16.7 Å². The number of rotatable bonds is 1. The molecule has 4 nitrogen and oxygen atoms in total. The summed E-state index contributed by atoms with van der Waals surface area (Å²) in [7, 11) is 0. The Kier molecular flexibility index (Phi) is 1.73. The Morgan fingerprint density at radius 1 is 1.38 bits per heavy atom. The van der Waals surface area contributed by atoms with Crippen LogP contribution in [0.3, 0.4) is 0 Å². The van der Waals surface area contributed by atoms with E-state index in [4.69, 9.17) is 4.74 Å². The second-order valence-corrected chi connectivity index (χ2v) is 4.34. The van der Waals surface area contributed by atoms with Crippen LogP contribution in [0.1, 0.15) is 12.8 Å². The lowest BCUT2D eigenvalue weighted by atomic mass is 10.2. The van der Waals surface area contributed by atoms with E-state index in [1.807, 2.05) is 0 Å². The quantitative estimate of drug-likeness (QED) is 0.670. The van der Waals surface area contributed by atoms with E-state index < -0.39 is 0 Å². The van der Waals surface area contributed by atoms with E-state index in [0.29, 0.717) is 12.2 Å². The zero-order valence-corrected chi connectivity index (χ0v) is 8.04. The molecular weight excluding hydrogens is 186 g/mol. The molecule has 2 fully saturated rings. The number of morpholine rings is 1. The van der Waals surface area contributed by atoms with Crippen LogP contribution in [-0.4, -0.2) is 34.7 Å². The van der Waals surface area contributed by atoms with Crippen LogP contribution in [0.2, 0.25) is 0 Å². The minimum atomic E-state index is 0.433. The van der Waals surface area contributed by atoms with Gasteiger partial charge in [-0.1, -0.05) is 0 Å². The molecule has 0 amide bonds. The predicted molar refractivity (Wildman–Crippen MR) is 50.0 cm³/mol. The second kappa shape index (κ2) is 2.92. The van der Waals surface area contributed by atoms with Gasteiger partial charge in [-0.2, -0.15) is 4.37 Å². The van der Waals surface area contributed by atoms with E-state index in [9.17, 15) is 0 Å². The molecule has 0 spiro atoms. The minimum absolute atomic E-state index is 0.433. The third kappa shape index (κ3) is 1.32. The van der Waals surface area contributed by atoms with Crippen LogP contribution in [0, 0.1) is 0 Å². The fourth-order valence-electron chi connectivity index (χ4n) is 2.08. The van der Waals surface area contributed by atoms with Crippen molar-refractivity contribution in [2.24, 2.45) is 0 Å². The summed E-state index contributed by atoms with van der Waals surface area (Å²) in [4.78, 5) is 6.51. The molecule has 3 heterocycles. The maximum Gasteiger partial charge on any atom is 0.205 e. The summed E-state index contributed by atoms with van der Waals surface area (Å²) in [6.45, 7) is 1.98. The topological polar surface area (TPSA) is 38.2 Å². The van der Waals surface area contributed by atoms with Crippen LogP contribution in [-0.2, 0) is 4.74 Å². The molecule has 0 saturated carbocycles.